The number of sulfonamides is 1. The van der Waals surface area contributed by atoms with Crippen molar-refractivity contribution < 1.29 is 18.6 Å². The van der Waals surface area contributed by atoms with Gasteiger partial charge >= 0.3 is 0 Å². The zero-order valence-corrected chi connectivity index (χ0v) is 16.3. The maximum absolute atomic E-state index is 13.1. The topological polar surface area (TPSA) is 130 Å². The monoisotopic (exact) mass is 403 g/mol. The van der Waals surface area contributed by atoms with Gasteiger partial charge in [-0.1, -0.05) is 24.3 Å². The molecule has 7 nitrogen and oxygen atoms in total. The molecule has 28 heavy (non-hydrogen) atoms. The summed E-state index contributed by atoms with van der Waals surface area (Å²) in [6.45, 7) is 1.36. The number of hydrogen-bond donors (Lipinski definition) is 4. The summed E-state index contributed by atoms with van der Waals surface area (Å²) in [5.74, 6) is -0.0496. The number of fused-ring (bicyclic) bond motifs is 2. The number of aromatic hydroxyl groups is 2. The summed E-state index contributed by atoms with van der Waals surface area (Å²) in [4.78, 5) is 0.0547. The van der Waals surface area contributed by atoms with Gasteiger partial charge in [-0.2, -0.15) is 4.31 Å². The quantitative estimate of drug-likeness (QED) is 0.337. The number of nitrogens with zero attached hydrogens (tertiary/aromatic N) is 1. The van der Waals surface area contributed by atoms with Crippen molar-refractivity contribution in [2.75, 3.05) is 26.2 Å². The minimum atomic E-state index is -3.79. The summed E-state index contributed by atoms with van der Waals surface area (Å²) in [5, 5.41) is 22.9. The second kappa shape index (κ2) is 8.32. The maximum atomic E-state index is 13.1. The number of benzene rings is 3. The minimum absolute atomic E-state index is 0.00969. The molecule has 0 radical (unpaired) electrons. The Bertz CT molecular complexity index is 1090. The maximum Gasteiger partial charge on any atom is 0.243 e. The predicted octanol–water partition coefficient (Wildman–Crippen LogP) is 2.09. The van der Waals surface area contributed by atoms with Crippen LogP contribution in [0.1, 0.15) is 12.8 Å². The van der Waals surface area contributed by atoms with Crippen molar-refractivity contribution in [2.24, 2.45) is 11.5 Å². The van der Waals surface area contributed by atoms with Crippen LogP contribution in [-0.4, -0.2) is 49.1 Å². The molecule has 8 heteroatoms. The van der Waals surface area contributed by atoms with Crippen LogP contribution in [-0.2, 0) is 10.0 Å². The fourth-order valence-corrected chi connectivity index (χ4v) is 4.85. The van der Waals surface area contributed by atoms with E-state index < -0.39 is 10.0 Å². The van der Waals surface area contributed by atoms with Crippen LogP contribution in [0.3, 0.4) is 0 Å². The third-order valence-electron chi connectivity index (χ3n) is 4.80. The molecule has 0 saturated heterocycles. The number of rotatable bonds is 8. The van der Waals surface area contributed by atoms with Crippen molar-refractivity contribution >= 4 is 31.6 Å². The van der Waals surface area contributed by atoms with Gasteiger partial charge in [0.1, 0.15) is 11.5 Å². The highest BCUT2D eigenvalue weighted by molar-refractivity contribution is 7.89. The van der Waals surface area contributed by atoms with Gasteiger partial charge in [0.2, 0.25) is 10.0 Å². The fraction of sp³-hybridized carbons (Fsp3) is 0.300. The molecular formula is C20H25N3O4S. The van der Waals surface area contributed by atoms with Crippen LogP contribution in [0.15, 0.2) is 47.4 Å². The third-order valence-corrected chi connectivity index (χ3v) is 6.69. The summed E-state index contributed by atoms with van der Waals surface area (Å²) < 4.78 is 27.7. The third kappa shape index (κ3) is 3.64. The van der Waals surface area contributed by atoms with Gasteiger partial charge in [-0.05, 0) is 44.1 Å². The highest BCUT2D eigenvalue weighted by Gasteiger charge is 2.25. The van der Waals surface area contributed by atoms with Crippen LogP contribution in [0, 0.1) is 0 Å². The van der Waals surface area contributed by atoms with Crippen LogP contribution in [0.5, 0.6) is 11.5 Å². The van der Waals surface area contributed by atoms with Gasteiger partial charge in [-0.25, -0.2) is 8.42 Å². The fourth-order valence-electron chi connectivity index (χ4n) is 3.31. The van der Waals surface area contributed by atoms with Gasteiger partial charge in [-0.3, -0.25) is 0 Å². The number of phenolic OH excluding ortho intramolecular Hbond substituents is 2. The summed E-state index contributed by atoms with van der Waals surface area (Å²) in [6.07, 6.45) is 1.07. The van der Waals surface area contributed by atoms with E-state index in [1.54, 1.807) is 24.3 Å². The van der Waals surface area contributed by atoms with Gasteiger partial charge in [0.05, 0.1) is 4.90 Å². The molecule has 0 spiro atoms. The number of hydrogen-bond acceptors (Lipinski definition) is 6. The Morgan fingerprint density at radius 2 is 1.29 bits per heavy atom. The SMILES string of the molecule is NCCCN(CCCN)S(=O)(=O)c1ccc2c(O)c3ccccc3c(O)c2c1. The van der Waals surface area contributed by atoms with Gasteiger partial charge in [0.15, 0.2) is 0 Å². The van der Waals surface area contributed by atoms with Gasteiger partial charge in [0.25, 0.3) is 0 Å². The molecule has 0 atom stereocenters. The molecule has 0 unspecified atom stereocenters. The van der Waals surface area contributed by atoms with E-state index in [2.05, 4.69) is 0 Å². The summed E-state index contributed by atoms with van der Waals surface area (Å²) >= 11 is 0. The summed E-state index contributed by atoms with van der Waals surface area (Å²) in [5.41, 5.74) is 11.1. The molecule has 150 valence electrons. The second-order valence-electron chi connectivity index (χ2n) is 6.64. The Hall–Kier alpha value is -2.39. The highest BCUT2D eigenvalue weighted by Crippen LogP contribution is 2.42. The van der Waals surface area contributed by atoms with Crippen molar-refractivity contribution in [2.45, 2.75) is 17.7 Å². The van der Waals surface area contributed by atoms with E-state index in [4.69, 9.17) is 11.5 Å². The van der Waals surface area contributed by atoms with Crippen molar-refractivity contribution in [3.05, 3.63) is 42.5 Å². The molecule has 3 rings (SSSR count). The number of nitrogens with two attached hydrogens (primary N) is 2. The molecule has 0 aliphatic carbocycles. The second-order valence-corrected chi connectivity index (χ2v) is 8.58. The molecule has 0 aliphatic heterocycles. The normalized spacial score (nSPS) is 12.2. The molecule has 0 aliphatic rings. The smallest absolute Gasteiger partial charge is 0.243 e. The zero-order valence-electron chi connectivity index (χ0n) is 15.5. The molecule has 0 amide bonds. The molecule has 0 aromatic heterocycles. The average Bonchev–Trinajstić information content (AvgIpc) is 2.71. The van der Waals surface area contributed by atoms with E-state index >= 15 is 0 Å². The van der Waals surface area contributed by atoms with Crippen molar-refractivity contribution in [3.8, 4) is 11.5 Å². The largest absolute Gasteiger partial charge is 0.507 e. The van der Waals surface area contributed by atoms with Crippen molar-refractivity contribution in [1.82, 2.24) is 4.31 Å². The molecule has 6 N–H and O–H groups in total. The van der Waals surface area contributed by atoms with E-state index in [1.807, 2.05) is 0 Å². The molecular weight excluding hydrogens is 378 g/mol. The molecule has 0 fully saturated rings. The first kappa shape index (κ1) is 20.3. The van der Waals surface area contributed by atoms with Crippen molar-refractivity contribution in [1.29, 1.82) is 0 Å². The standard InChI is InChI=1S/C20H25N3O4S/c21-9-3-11-23(12-4-10-22)28(26,27)14-7-8-17-18(13-14)20(25)16-6-2-1-5-15(16)19(17)24/h1-2,5-8,13,24-25H,3-4,9-12,21-22H2. The molecule has 0 heterocycles. The lowest BCUT2D eigenvalue weighted by molar-refractivity contribution is 0.402. The van der Waals surface area contributed by atoms with Gasteiger partial charge in [-0.15, -0.1) is 0 Å². The van der Waals surface area contributed by atoms with Crippen LogP contribution in [0.25, 0.3) is 21.5 Å². The first-order valence-electron chi connectivity index (χ1n) is 9.18. The van der Waals surface area contributed by atoms with Crippen LogP contribution in [0.4, 0.5) is 0 Å². The first-order valence-corrected chi connectivity index (χ1v) is 10.6. The minimum Gasteiger partial charge on any atom is -0.507 e. The summed E-state index contributed by atoms with van der Waals surface area (Å²) in [6, 6.07) is 11.3. The number of phenols is 2. The van der Waals surface area contributed by atoms with Crippen LogP contribution >= 0.6 is 0 Å². The first-order chi connectivity index (χ1) is 13.4. The average molecular weight is 404 g/mol. The highest BCUT2D eigenvalue weighted by atomic mass is 32.2. The van der Waals surface area contributed by atoms with E-state index in [9.17, 15) is 18.6 Å². The Labute approximate surface area is 164 Å². The zero-order chi connectivity index (χ0) is 20.3. The van der Waals surface area contributed by atoms with E-state index in [-0.39, 0.29) is 21.8 Å². The van der Waals surface area contributed by atoms with E-state index in [0.717, 1.165) is 0 Å². The lowest BCUT2D eigenvalue weighted by atomic mass is 10.0. The Morgan fingerprint density at radius 3 is 1.82 bits per heavy atom. The lowest BCUT2D eigenvalue weighted by Gasteiger charge is -2.22. The molecule has 3 aromatic carbocycles. The molecule has 0 bridgehead atoms. The van der Waals surface area contributed by atoms with Crippen molar-refractivity contribution in [3.63, 3.8) is 0 Å². The predicted molar refractivity (Wildman–Crippen MR) is 111 cm³/mol. The van der Waals surface area contributed by atoms with E-state index in [1.165, 1.54) is 22.5 Å². The van der Waals surface area contributed by atoms with E-state index in [0.29, 0.717) is 55.2 Å². The van der Waals surface area contributed by atoms with Crippen LogP contribution in [0.2, 0.25) is 0 Å². The Balaban J connectivity index is 2.14. The molecule has 3 aromatic rings. The van der Waals surface area contributed by atoms with Crippen LogP contribution < -0.4 is 11.5 Å². The summed E-state index contributed by atoms with van der Waals surface area (Å²) in [7, 11) is -3.79. The molecule has 0 saturated carbocycles. The Kier molecular flexibility index (Phi) is 6.04. The lowest BCUT2D eigenvalue weighted by Crippen LogP contribution is -2.34. The van der Waals surface area contributed by atoms with Gasteiger partial charge < -0.3 is 21.7 Å². The van der Waals surface area contributed by atoms with Gasteiger partial charge in [0, 0.05) is 34.6 Å². The Morgan fingerprint density at radius 1 is 0.786 bits per heavy atom.